The van der Waals surface area contributed by atoms with Crippen molar-refractivity contribution < 1.29 is 26.7 Å². The molecule has 28 heavy (non-hydrogen) atoms. The second-order valence-electron chi connectivity index (χ2n) is 6.86. The third-order valence-electron chi connectivity index (χ3n) is 4.90. The highest BCUT2D eigenvalue weighted by molar-refractivity contribution is 5.89. The molecule has 1 N–H and O–H groups in total. The number of nitrogens with one attached hydrogen (secondary N) is 1. The Hall–Kier alpha value is -2.64. The normalized spacial score (nSPS) is 15.5. The Labute approximate surface area is 159 Å². The van der Waals surface area contributed by atoms with Gasteiger partial charge in [0.05, 0.1) is 5.56 Å². The molecular weight excluding hydrogens is 379 g/mol. The third kappa shape index (κ3) is 4.79. The molecule has 0 spiro atoms. The zero-order chi connectivity index (χ0) is 20.3. The summed E-state index contributed by atoms with van der Waals surface area (Å²) in [6, 6.07) is 7.86. The average Bonchev–Trinajstić information content (AvgIpc) is 2.65. The van der Waals surface area contributed by atoms with Gasteiger partial charge < -0.3 is 10.2 Å². The summed E-state index contributed by atoms with van der Waals surface area (Å²) in [6.07, 6.45) is -2.41. The molecule has 3 nitrogen and oxygen atoms in total. The summed E-state index contributed by atoms with van der Waals surface area (Å²) in [5.41, 5.74) is -0.341. The fourth-order valence-electron chi connectivity index (χ4n) is 3.31. The highest BCUT2D eigenvalue weighted by atomic mass is 19.4. The van der Waals surface area contributed by atoms with E-state index in [0.717, 1.165) is 29.8 Å². The Kier molecular flexibility index (Phi) is 5.86. The van der Waals surface area contributed by atoms with Crippen molar-refractivity contribution in [1.29, 1.82) is 0 Å². The lowest BCUT2D eigenvalue weighted by atomic mass is 9.90. The first-order valence-electron chi connectivity index (χ1n) is 8.90. The fraction of sp³-hybridized carbons (Fsp3) is 0.350. The van der Waals surface area contributed by atoms with E-state index in [-0.39, 0.29) is 5.92 Å². The predicted octanol–water partition coefficient (Wildman–Crippen LogP) is 5.47. The van der Waals surface area contributed by atoms with Gasteiger partial charge in [0.2, 0.25) is 0 Å². The molecule has 1 aliphatic rings. The lowest BCUT2D eigenvalue weighted by Crippen LogP contribution is -2.41. The molecule has 0 unspecified atom stereocenters. The number of alkyl halides is 3. The van der Waals surface area contributed by atoms with Crippen molar-refractivity contribution in [3.05, 3.63) is 65.2 Å². The minimum absolute atomic E-state index is 0.228. The molecular formula is C20H19F5N2O. The van der Waals surface area contributed by atoms with Crippen LogP contribution in [0.3, 0.4) is 0 Å². The smallest absolute Gasteiger partial charge is 0.325 e. The predicted molar refractivity (Wildman–Crippen MR) is 94.8 cm³/mol. The molecule has 2 amide bonds. The summed E-state index contributed by atoms with van der Waals surface area (Å²) in [4.78, 5) is 13.7. The molecule has 0 aromatic heterocycles. The highest BCUT2D eigenvalue weighted by Crippen LogP contribution is 2.30. The molecule has 0 atom stereocenters. The molecule has 0 aliphatic carbocycles. The Morgan fingerprint density at radius 2 is 1.57 bits per heavy atom. The summed E-state index contributed by atoms with van der Waals surface area (Å²) in [7, 11) is 0. The number of urea groups is 1. The van der Waals surface area contributed by atoms with Crippen molar-refractivity contribution in [3.8, 4) is 0 Å². The number of amides is 2. The standard InChI is InChI=1S/C20H19F5N2O/c21-16-2-1-3-17(22)18(16)26-19(28)27-10-8-14(9-11-27)12-13-4-6-15(7-5-13)20(23,24)25/h1-7,14H,8-12H2,(H,26,28). The fourth-order valence-corrected chi connectivity index (χ4v) is 3.31. The van der Waals surface area contributed by atoms with Crippen LogP contribution in [-0.2, 0) is 12.6 Å². The van der Waals surface area contributed by atoms with E-state index in [1.54, 1.807) is 0 Å². The summed E-state index contributed by atoms with van der Waals surface area (Å²) in [5, 5.41) is 2.26. The summed E-state index contributed by atoms with van der Waals surface area (Å²) < 4.78 is 65.1. The molecule has 2 aromatic rings. The molecule has 1 aliphatic heterocycles. The van der Waals surface area contributed by atoms with E-state index in [1.165, 1.54) is 23.1 Å². The van der Waals surface area contributed by atoms with Crippen LogP contribution in [0.25, 0.3) is 0 Å². The maximum absolute atomic E-state index is 13.6. The number of carbonyl (C=O) groups excluding carboxylic acids is 1. The number of anilines is 1. The van der Waals surface area contributed by atoms with Crippen molar-refractivity contribution >= 4 is 11.7 Å². The van der Waals surface area contributed by atoms with E-state index in [9.17, 15) is 26.7 Å². The van der Waals surface area contributed by atoms with Crippen LogP contribution >= 0.6 is 0 Å². The first-order chi connectivity index (χ1) is 13.2. The van der Waals surface area contributed by atoms with E-state index in [1.807, 2.05) is 0 Å². The average molecular weight is 398 g/mol. The SMILES string of the molecule is O=C(Nc1c(F)cccc1F)N1CCC(Cc2ccc(C(F)(F)F)cc2)CC1. The summed E-state index contributed by atoms with van der Waals surface area (Å²) in [6.45, 7) is 0.820. The second-order valence-corrected chi connectivity index (χ2v) is 6.86. The quantitative estimate of drug-likeness (QED) is 0.684. The van der Waals surface area contributed by atoms with Gasteiger partial charge in [0.25, 0.3) is 0 Å². The van der Waals surface area contributed by atoms with E-state index in [0.29, 0.717) is 32.4 Å². The number of carbonyl (C=O) groups is 1. The minimum Gasteiger partial charge on any atom is -0.325 e. The molecule has 0 bridgehead atoms. The molecule has 1 heterocycles. The number of nitrogens with zero attached hydrogens (tertiary/aromatic N) is 1. The number of hydrogen-bond donors (Lipinski definition) is 1. The first-order valence-corrected chi connectivity index (χ1v) is 8.90. The number of rotatable bonds is 3. The Morgan fingerprint density at radius 1 is 1.00 bits per heavy atom. The van der Waals surface area contributed by atoms with Crippen LogP contribution < -0.4 is 5.32 Å². The lowest BCUT2D eigenvalue weighted by Gasteiger charge is -2.32. The lowest BCUT2D eigenvalue weighted by molar-refractivity contribution is -0.137. The first kappa shape index (κ1) is 20.1. The van der Waals surface area contributed by atoms with Gasteiger partial charge in [-0.3, -0.25) is 0 Å². The van der Waals surface area contributed by atoms with Gasteiger partial charge in [-0.1, -0.05) is 18.2 Å². The molecule has 150 valence electrons. The number of hydrogen-bond acceptors (Lipinski definition) is 1. The van der Waals surface area contributed by atoms with E-state index in [2.05, 4.69) is 5.32 Å². The van der Waals surface area contributed by atoms with E-state index in [4.69, 9.17) is 0 Å². The second kappa shape index (κ2) is 8.16. The number of para-hydroxylation sites is 1. The molecule has 2 aromatic carbocycles. The van der Waals surface area contributed by atoms with Crippen molar-refractivity contribution in [2.24, 2.45) is 5.92 Å². The topological polar surface area (TPSA) is 32.3 Å². The van der Waals surface area contributed by atoms with Crippen molar-refractivity contribution in [2.45, 2.75) is 25.4 Å². The molecule has 1 saturated heterocycles. The largest absolute Gasteiger partial charge is 0.416 e. The van der Waals surface area contributed by atoms with Crippen LogP contribution in [0.2, 0.25) is 0 Å². The monoisotopic (exact) mass is 398 g/mol. The van der Waals surface area contributed by atoms with Crippen LogP contribution in [0, 0.1) is 17.6 Å². The van der Waals surface area contributed by atoms with Gasteiger partial charge in [0.1, 0.15) is 17.3 Å². The molecule has 0 radical (unpaired) electrons. The molecule has 1 fully saturated rings. The van der Waals surface area contributed by atoms with Crippen LogP contribution in [-0.4, -0.2) is 24.0 Å². The number of piperidine rings is 1. The maximum atomic E-state index is 13.6. The summed E-state index contributed by atoms with van der Waals surface area (Å²) >= 11 is 0. The van der Waals surface area contributed by atoms with Crippen molar-refractivity contribution in [2.75, 3.05) is 18.4 Å². The minimum atomic E-state index is -4.35. The molecule has 3 rings (SSSR count). The Morgan fingerprint density at radius 3 is 2.11 bits per heavy atom. The van der Waals surface area contributed by atoms with Crippen molar-refractivity contribution in [1.82, 2.24) is 4.90 Å². The van der Waals surface area contributed by atoms with E-state index < -0.39 is 35.1 Å². The Balaban J connectivity index is 1.52. The van der Waals surface area contributed by atoms with Crippen LogP contribution in [0.15, 0.2) is 42.5 Å². The third-order valence-corrected chi connectivity index (χ3v) is 4.90. The zero-order valence-electron chi connectivity index (χ0n) is 14.9. The van der Waals surface area contributed by atoms with Gasteiger partial charge in [-0.2, -0.15) is 13.2 Å². The van der Waals surface area contributed by atoms with Crippen molar-refractivity contribution in [3.63, 3.8) is 0 Å². The van der Waals surface area contributed by atoms with Gasteiger partial charge in [0, 0.05) is 13.1 Å². The number of likely N-dealkylation sites (tertiary alicyclic amines) is 1. The van der Waals surface area contributed by atoms with Gasteiger partial charge in [0.15, 0.2) is 0 Å². The zero-order valence-corrected chi connectivity index (χ0v) is 14.9. The maximum Gasteiger partial charge on any atom is 0.416 e. The van der Waals surface area contributed by atoms with Crippen LogP contribution in [0.5, 0.6) is 0 Å². The molecule has 8 heteroatoms. The number of benzene rings is 2. The van der Waals surface area contributed by atoms with Crippen LogP contribution in [0.1, 0.15) is 24.0 Å². The van der Waals surface area contributed by atoms with Crippen LogP contribution in [0.4, 0.5) is 32.4 Å². The molecule has 0 saturated carbocycles. The van der Waals surface area contributed by atoms with E-state index >= 15 is 0 Å². The number of halogens is 5. The van der Waals surface area contributed by atoms with Gasteiger partial charge in [-0.15, -0.1) is 0 Å². The van der Waals surface area contributed by atoms with Gasteiger partial charge >= 0.3 is 12.2 Å². The van der Waals surface area contributed by atoms with Gasteiger partial charge in [-0.05, 0) is 55.0 Å². The highest BCUT2D eigenvalue weighted by Gasteiger charge is 2.30. The Bertz CT molecular complexity index is 807. The summed E-state index contributed by atoms with van der Waals surface area (Å²) in [5.74, 6) is -1.46. The van der Waals surface area contributed by atoms with Gasteiger partial charge in [-0.25, -0.2) is 13.6 Å².